The number of benzene rings is 1. The summed E-state index contributed by atoms with van der Waals surface area (Å²) in [5, 5.41) is 2.95. The summed E-state index contributed by atoms with van der Waals surface area (Å²) in [7, 11) is 1.55. The maximum atomic E-state index is 13.9. The molecular formula is C24H31N5O6S. The molecule has 0 aliphatic carbocycles. The predicted molar refractivity (Wildman–Crippen MR) is 133 cm³/mol. The molecule has 11 nitrogen and oxygen atoms in total. The van der Waals surface area contributed by atoms with Crippen molar-refractivity contribution in [2.45, 2.75) is 43.9 Å². The standard InChI is InChI=1S/C24H31N5O6S/c1-33-15-8-6-14(7-9-15)20(23(31)27-12-16-4-2-10-34-16)29(13-17-5-3-11-35-17)24(32)21-18(25)19(22(26)30)28-36-21/h6-9,16-17,20H,2-5,10-13,25H2,1H3,(H2,26,30)(H,27,31)/t16-,17-,20-/m1/s1. The number of hydrogen-bond donors (Lipinski definition) is 3. The minimum atomic E-state index is -0.993. The van der Waals surface area contributed by atoms with Crippen LogP contribution in [0.1, 0.15) is 57.4 Å². The number of anilines is 1. The molecule has 0 saturated carbocycles. The van der Waals surface area contributed by atoms with Gasteiger partial charge in [-0.05, 0) is 54.9 Å². The first kappa shape index (κ1) is 25.9. The molecule has 0 spiro atoms. The smallest absolute Gasteiger partial charge is 0.270 e. The van der Waals surface area contributed by atoms with Crippen LogP contribution in [0.4, 0.5) is 5.69 Å². The van der Waals surface area contributed by atoms with Gasteiger partial charge < -0.3 is 35.9 Å². The molecule has 5 N–H and O–H groups in total. The van der Waals surface area contributed by atoms with Crippen molar-refractivity contribution in [2.75, 3.05) is 39.1 Å². The van der Waals surface area contributed by atoms with E-state index in [0.717, 1.165) is 37.2 Å². The summed E-state index contributed by atoms with van der Waals surface area (Å²) < 4.78 is 20.7. The summed E-state index contributed by atoms with van der Waals surface area (Å²) in [6, 6.07) is 5.96. The molecule has 3 atom stereocenters. The minimum Gasteiger partial charge on any atom is -0.497 e. The van der Waals surface area contributed by atoms with Gasteiger partial charge in [0.05, 0.1) is 25.0 Å². The van der Waals surface area contributed by atoms with E-state index in [1.165, 1.54) is 4.90 Å². The number of amides is 3. The average molecular weight is 518 g/mol. The molecule has 0 bridgehead atoms. The molecule has 3 heterocycles. The molecule has 194 valence electrons. The van der Waals surface area contributed by atoms with Gasteiger partial charge in [-0.25, -0.2) is 0 Å². The van der Waals surface area contributed by atoms with Gasteiger partial charge in [-0.2, -0.15) is 4.37 Å². The van der Waals surface area contributed by atoms with Gasteiger partial charge in [0.15, 0.2) is 5.69 Å². The number of nitrogens with one attached hydrogen (secondary N) is 1. The quantitative estimate of drug-likeness (QED) is 0.427. The Morgan fingerprint density at radius 2 is 1.83 bits per heavy atom. The Balaban J connectivity index is 1.70. The van der Waals surface area contributed by atoms with Crippen molar-refractivity contribution in [3.63, 3.8) is 0 Å². The Morgan fingerprint density at radius 3 is 2.39 bits per heavy atom. The lowest BCUT2D eigenvalue weighted by molar-refractivity contribution is -0.126. The molecule has 1 aromatic heterocycles. The van der Waals surface area contributed by atoms with Crippen molar-refractivity contribution in [3.05, 3.63) is 40.4 Å². The van der Waals surface area contributed by atoms with Crippen molar-refractivity contribution in [1.29, 1.82) is 0 Å². The molecule has 0 unspecified atom stereocenters. The number of methoxy groups -OCH3 is 1. The fraction of sp³-hybridized carbons (Fsp3) is 0.500. The van der Waals surface area contributed by atoms with Gasteiger partial charge >= 0.3 is 0 Å². The number of hydrogen-bond acceptors (Lipinski definition) is 9. The number of carbonyl (C=O) groups excluding carboxylic acids is 3. The highest BCUT2D eigenvalue weighted by atomic mass is 32.1. The third-order valence-corrected chi connectivity index (χ3v) is 7.21. The number of nitrogens with two attached hydrogens (primary N) is 2. The van der Waals surface area contributed by atoms with E-state index in [1.807, 2.05) is 0 Å². The second kappa shape index (κ2) is 11.7. The Bertz CT molecular complexity index is 1080. The molecular weight excluding hydrogens is 486 g/mol. The second-order valence-electron chi connectivity index (χ2n) is 8.79. The van der Waals surface area contributed by atoms with E-state index in [-0.39, 0.29) is 40.9 Å². The van der Waals surface area contributed by atoms with Crippen molar-refractivity contribution in [1.82, 2.24) is 14.6 Å². The van der Waals surface area contributed by atoms with Gasteiger partial charge in [0.1, 0.15) is 16.7 Å². The highest BCUT2D eigenvalue weighted by Crippen LogP contribution is 2.31. The van der Waals surface area contributed by atoms with Crippen LogP contribution in [0.25, 0.3) is 0 Å². The van der Waals surface area contributed by atoms with Gasteiger partial charge in [0, 0.05) is 26.3 Å². The van der Waals surface area contributed by atoms with E-state index in [9.17, 15) is 14.4 Å². The first-order valence-corrected chi connectivity index (χ1v) is 12.7. The number of ether oxygens (including phenoxy) is 3. The van der Waals surface area contributed by atoms with Crippen LogP contribution in [0.15, 0.2) is 24.3 Å². The fourth-order valence-electron chi connectivity index (χ4n) is 4.45. The summed E-state index contributed by atoms with van der Waals surface area (Å²) in [6.07, 6.45) is 3.10. The average Bonchev–Trinajstić information content (AvgIpc) is 3.65. The zero-order valence-corrected chi connectivity index (χ0v) is 20.9. The lowest BCUT2D eigenvalue weighted by Gasteiger charge is -2.33. The van der Waals surface area contributed by atoms with E-state index in [1.54, 1.807) is 31.4 Å². The van der Waals surface area contributed by atoms with E-state index >= 15 is 0 Å². The largest absolute Gasteiger partial charge is 0.497 e. The highest BCUT2D eigenvalue weighted by Gasteiger charge is 2.37. The highest BCUT2D eigenvalue weighted by molar-refractivity contribution is 7.09. The van der Waals surface area contributed by atoms with Gasteiger partial charge in [-0.15, -0.1) is 0 Å². The fourth-order valence-corrected chi connectivity index (χ4v) is 5.21. The summed E-state index contributed by atoms with van der Waals surface area (Å²) in [5.41, 5.74) is 11.8. The zero-order valence-electron chi connectivity index (χ0n) is 20.1. The number of nitrogen functional groups attached to an aromatic ring is 1. The van der Waals surface area contributed by atoms with Crippen LogP contribution >= 0.6 is 11.5 Å². The first-order valence-electron chi connectivity index (χ1n) is 11.9. The number of carbonyl (C=O) groups is 3. The van der Waals surface area contributed by atoms with Crippen LogP contribution in [-0.4, -0.2) is 72.6 Å². The van der Waals surface area contributed by atoms with Gasteiger partial charge in [-0.3, -0.25) is 14.4 Å². The van der Waals surface area contributed by atoms with E-state index in [2.05, 4.69) is 9.69 Å². The number of aromatic nitrogens is 1. The Labute approximate surface area is 213 Å². The molecule has 36 heavy (non-hydrogen) atoms. The van der Waals surface area contributed by atoms with E-state index in [0.29, 0.717) is 31.1 Å². The van der Waals surface area contributed by atoms with Gasteiger partial charge in [0.2, 0.25) is 5.91 Å². The van der Waals surface area contributed by atoms with Crippen LogP contribution < -0.4 is 21.5 Å². The van der Waals surface area contributed by atoms with Crippen molar-refractivity contribution in [2.24, 2.45) is 5.73 Å². The molecule has 2 fully saturated rings. The Kier molecular flexibility index (Phi) is 8.39. The molecule has 2 aliphatic heterocycles. The number of primary amides is 1. The maximum Gasteiger partial charge on any atom is 0.270 e. The molecule has 2 aliphatic rings. The van der Waals surface area contributed by atoms with Crippen molar-refractivity contribution >= 4 is 34.9 Å². The van der Waals surface area contributed by atoms with E-state index < -0.39 is 17.9 Å². The molecule has 2 aromatic rings. The topological polar surface area (TPSA) is 159 Å². The second-order valence-corrected chi connectivity index (χ2v) is 9.56. The lowest BCUT2D eigenvalue weighted by Crippen LogP contribution is -2.47. The molecule has 2 saturated heterocycles. The van der Waals surface area contributed by atoms with Gasteiger partial charge in [0.25, 0.3) is 11.8 Å². The Morgan fingerprint density at radius 1 is 1.17 bits per heavy atom. The Hall–Kier alpha value is -3.22. The minimum absolute atomic E-state index is 0.0484. The first-order chi connectivity index (χ1) is 17.4. The summed E-state index contributed by atoms with van der Waals surface area (Å²) in [4.78, 5) is 40.7. The van der Waals surface area contributed by atoms with Crippen LogP contribution in [0.2, 0.25) is 0 Å². The zero-order chi connectivity index (χ0) is 25.7. The third kappa shape index (κ3) is 5.77. The molecule has 0 radical (unpaired) electrons. The number of nitrogens with zero attached hydrogens (tertiary/aromatic N) is 2. The molecule has 4 rings (SSSR count). The molecule has 1 aromatic carbocycles. The predicted octanol–water partition coefficient (Wildman–Crippen LogP) is 1.49. The van der Waals surface area contributed by atoms with Crippen LogP contribution in [0, 0.1) is 0 Å². The monoisotopic (exact) mass is 517 g/mol. The molecule has 12 heteroatoms. The van der Waals surface area contributed by atoms with Crippen LogP contribution in [0.3, 0.4) is 0 Å². The third-order valence-electron chi connectivity index (χ3n) is 6.36. The van der Waals surface area contributed by atoms with Crippen LogP contribution in [-0.2, 0) is 14.3 Å². The van der Waals surface area contributed by atoms with Gasteiger partial charge in [-0.1, -0.05) is 12.1 Å². The number of rotatable bonds is 10. The molecule has 3 amide bonds. The summed E-state index contributed by atoms with van der Waals surface area (Å²) >= 11 is 0.783. The lowest BCUT2D eigenvalue weighted by atomic mass is 10.0. The summed E-state index contributed by atoms with van der Waals surface area (Å²) in [5.74, 6) is -1.09. The SMILES string of the molecule is COc1ccc([C@H](C(=O)NC[C@H]2CCCO2)N(C[C@H]2CCCO2)C(=O)c2snc(C(N)=O)c2N)cc1. The van der Waals surface area contributed by atoms with E-state index in [4.69, 9.17) is 25.7 Å². The maximum absolute atomic E-state index is 13.9. The normalized spacial score (nSPS) is 20.1. The van der Waals surface area contributed by atoms with Crippen molar-refractivity contribution in [3.8, 4) is 5.75 Å². The summed E-state index contributed by atoms with van der Waals surface area (Å²) in [6.45, 7) is 1.74. The van der Waals surface area contributed by atoms with Crippen molar-refractivity contribution < 1.29 is 28.6 Å². The van der Waals surface area contributed by atoms with Crippen LogP contribution in [0.5, 0.6) is 5.75 Å².